The van der Waals surface area contributed by atoms with Crippen molar-refractivity contribution in [3.05, 3.63) is 203 Å². The van der Waals surface area contributed by atoms with Crippen LogP contribution in [0.1, 0.15) is 45.0 Å². The number of nitrogens with zero attached hydrogens (tertiary/aromatic N) is 6. The molecule has 0 bridgehead atoms. The van der Waals surface area contributed by atoms with Crippen LogP contribution in [0.2, 0.25) is 0 Å². The van der Waals surface area contributed by atoms with Crippen LogP contribution in [-0.4, -0.2) is 19.9 Å². The second kappa shape index (κ2) is 12.6. The van der Waals surface area contributed by atoms with Crippen LogP contribution in [0.3, 0.4) is 0 Å². The Bertz CT molecular complexity index is 2540. The minimum atomic E-state index is -0.596. The van der Waals surface area contributed by atoms with Gasteiger partial charge in [0.25, 0.3) is 0 Å². The molecule has 0 atom stereocenters. The first kappa shape index (κ1) is 32.7. The van der Waals surface area contributed by atoms with Crippen LogP contribution in [0.25, 0.3) is 22.3 Å². The molecule has 0 radical (unpaired) electrons. The number of benzene rings is 6. The van der Waals surface area contributed by atoms with E-state index in [-0.39, 0.29) is 0 Å². The highest BCUT2D eigenvalue weighted by atomic mass is 15.3. The zero-order valence-electron chi connectivity index (χ0n) is 31.2. The molecule has 2 aliphatic carbocycles. The molecule has 0 fully saturated rings. The molecule has 10 rings (SSSR count). The van der Waals surface area contributed by atoms with Gasteiger partial charge in [0.05, 0.1) is 5.41 Å². The molecule has 0 saturated heterocycles. The fraction of sp³-hybridized carbons (Fsp3) is 0.102. The summed E-state index contributed by atoms with van der Waals surface area (Å²) in [5, 5.41) is 0. The fourth-order valence-corrected chi connectivity index (χ4v) is 8.92. The number of aryl methyl sites for hydroxylation is 4. The molecule has 1 spiro atoms. The van der Waals surface area contributed by atoms with E-state index in [0.29, 0.717) is 11.9 Å². The van der Waals surface area contributed by atoms with E-state index < -0.39 is 5.41 Å². The highest BCUT2D eigenvalue weighted by molar-refractivity contribution is 5.97. The predicted octanol–water partition coefficient (Wildman–Crippen LogP) is 11.8. The van der Waals surface area contributed by atoms with Gasteiger partial charge in [-0.3, -0.25) is 9.80 Å². The Balaban J connectivity index is 1.26. The molecule has 0 aliphatic heterocycles. The maximum Gasteiger partial charge on any atom is 0.235 e. The standard InChI is InChI=1S/C49H38N6/c1-31-27-32(2)51-47(50-31)54(35-15-7-5-8-16-35)37-23-25-41-39-19-11-13-21-43(39)49(45(41)29-37)44-22-14-12-20-40(44)42-26-24-38(30-46(42)49)55(36-17-9-6-10-18-36)48-52-33(3)28-34(4)53-48/h5-30H,1-4H3. The Hall–Kier alpha value is -6.92. The van der Waals surface area contributed by atoms with Crippen LogP contribution in [0.5, 0.6) is 0 Å². The van der Waals surface area contributed by atoms with Crippen LogP contribution >= 0.6 is 0 Å². The van der Waals surface area contributed by atoms with E-state index in [0.717, 1.165) is 45.5 Å². The molecule has 264 valence electrons. The second-order valence-corrected chi connectivity index (χ2v) is 14.5. The maximum absolute atomic E-state index is 4.98. The molecule has 6 aromatic carbocycles. The minimum absolute atomic E-state index is 0.596. The summed E-state index contributed by atoms with van der Waals surface area (Å²) in [5.41, 5.74) is 17.0. The van der Waals surface area contributed by atoms with Gasteiger partial charge in [-0.05, 0) is 133 Å². The van der Waals surface area contributed by atoms with Gasteiger partial charge in [-0.2, -0.15) is 0 Å². The van der Waals surface area contributed by atoms with Gasteiger partial charge in [0.2, 0.25) is 11.9 Å². The lowest BCUT2D eigenvalue weighted by molar-refractivity contribution is 0.793. The normalized spacial score (nSPS) is 12.9. The third-order valence-corrected chi connectivity index (χ3v) is 10.9. The molecule has 0 N–H and O–H groups in total. The number of anilines is 6. The van der Waals surface area contributed by atoms with Crippen LogP contribution in [0, 0.1) is 27.7 Å². The summed E-state index contributed by atoms with van der Waals surface area (Å²) in [6.45, 7) is 8.12. The number of fused-ring (bicyclic) bond motifs is 10. The van der Waals surface area contributed by atoms with E-state index >= 15 is 0 Å². The number of aromatic nitrogens is 4. The van der Waals surface area contributed by atoms with Gasteiger partial charge < -0.3 is 0 Å². The molecule has 6 heteroatoms. The van der Waals surface area contributed by atoms with Gasteiger partial charge in [-0.1, -0.05) is 97.1 Å². The van der Waals surface area contributed by atoms with Crippen LogP contribution in [0.4, 0.5) is 34.6 Å². The molecular formula is C49H38N6. The van der Waals surface area contributed by atoms with Crippen molar-refractivity contribution in [2.24, 2.45) is 0 Å². The van der Waals surface area contributed by atoms with Crippen molar-refractivity contribution in [2.75, 3.05) is 9.80 Å². The molecular weight excluding hydrogens is 673 g/mol. The average Bonchev–Trinajstić information content (AvgIpc) is 3.65. The van der Waals surface area contributed by atoms with E-state index in [4.69, 9.17) is 19.9 Å². The molecule has 2 aliphatic rings. The Labute approximate surface area is 321 Å². The summed E-state index contributed by atoms with van der Waals surface area (Å²) in [7, 11) is 0. The number of hydrogen-bond donors (Lipinski definition) is 0. The van der Waals surface area contributed by atoms with Gasteiger partial charge >= 0.3 is 0 Å². The van der Waals surface area contributed by atoms with Crippen molar-refractivity contribution in [1.29, 1.82) is 0 Å². The average molecular weight is 711 g/mol. The monoisotopic (exact) mass is 710 g/mol. The Morgan fingerprint density at radius 1 is 0.327 bits per heavy atom. The largest absolute Gasteiger partial charge is 0.279 e. The first-order chi connectivity index (χ1) is 26.9. The van der Waals surface area contributed by atoms with Gasteiger partial charge in [0.1, 0.15) is 0 Å². The maximum atomic E-state index is 4.98. The van der Waals surface area contributed by atoms with E-state index in [9.17, 15) is 0 Å². The van der Waals surface area contributed by atoms with E-state index in [1.807, 2.05) is 52.0 Å². The molecule has 55 heavy (non-hydrogen) atoms. The number of hydrogen-bond acceptors (Lipinski definition) is 6. The Morgan fingerprint density at radius 3 is 1.07 bits per heavy atom. The van der Waals surface area contributed by atoms with Crippen LogP contribution in [-0.2, 0) is 5.41 Å². The van der Waals surface area contributed by atoms with Crippen molar-refractivity contribution >= 4 is 34.6 Å². The number of rotatable bonds is 6. The Kier molecular flexibility index (Phi) is 7.49. The van der Waals surface area contributed by atoms with Gasteiger partial charge in [0, 0.05) is 45.5 Å². The molecule has 2 heterocycles. The zero-order chi connectivity index (χ0) is 37.3. The van der Waals surface area contributed by atoms with Gasteiger partial charge in [-0.25, -0.2) is 19.9 Å². The Morgan fingerprint density at radius 2 is 0.673 bits per heavy atom. The highest BCUT2D eigenvalue weighted by Crippen LogP contribution is 2.64. The van der Waals surface area contributed by atoms with Crippen molar-refractivity contribution in [3.8, 4) is 22.3 Å². The molecule has 0 saturated carbocycles. The SMILES string of the molecule is Cc1cc(C)nc(N(c2ccccc2)c2ccc3c(c2)C2(c4ccccc4-3)c3ccccc3-c3ccc(N(c4ccccc4)c4nc(C)cc(C)n4)cc32)n1. The van der Waals surface area contributed by atoms with Crippen molar-refractivity contribution < 1.29 is 0 Å². The smallest absolute Gasteiger partial charge is 0.235 e. The van der Waals surface area contributed by atoms with Gasteiger partial charge in [-0.15, -0.1) is 0 Å². The first-order valence-electron chi connectivity index (χ1n) is 18.7. The lowest BCUT2D eigenvalue weighted by atomic mass is 9.70. The van der Waals surface area contributed by atoms with E-state index in [2.05, 4.69) is 143 Å². The summed E-state index contributed by atoms with van der Waals surface area (Å²) in [5.74, 6) is 1.30. The molecule has 6 nitrogen and oxygen atoms in total. The zero-order valence-corrected chi connectivity index (χ0v) is 31.2. The summed E-state index contributed by atoms with van der Waals surface area (Å²) in [4.78, 5) is 24.3. The summed E-state index contributed by atoms with van der Waals surface area (Å²) in [6.07, 6.45) is 0. The highest BCUT2D eigenvalue weighted by Gasteiger charge is 2.52. The first-order valence-corrected chi connectivity index (χ1v) is 18.7. The topological polar surface area (TPSA) is 58.0 Å². The lowest BCUT2D eigenvalue weighted by Gasteiger charge is -2.33. The summed E-state index contributed by atoms with van der Waals surface area (Å²) < 4.78 is 0. The van der Waals surface area contributed by atoms with E-state index in [1.165, 1.54) is 44.5 Å². The predicted molar refractivity (Wildman–Crippen MR) is 222 cm³/mol. The van der Waals surface area contributed by atoms with Crippen molar-refractivity contribution in [1.82, 2.24) is 19.9 Å². The fourth-order valence-electron chi connectivity index (χ4n) is 8.92. The molecule has 8 aromatic rings. The lowest BCUT2D eigenvalue weighted by Crippen LogP contribution is -2.26. The third-order valence-electron chi connectivity index (χ3n) is 10.9. The van der Waals surface area contributed by atoms with E-state index in [1.54, 1.807) is 0 Å². The minimum Gasteiger partial charge on any atom is -0.279 e. The third kappa shape index (κ3) is 5.09. The molecule has 0 unspecified atom stereocenters. The van der Waals surface area contributed by atoms with Crippen molar-refractivity contribution in [2.45, 2.75) is 33.1 Å². The quantitative estimate of drug-likeness (QED) is 0.171. The second-order valence-electron chi connectivity index (χ2n) is 14.5. The van der Waals surface area contributed by atoms with Gasteiger partial charge in [0.15, 0.2) is 0 Å². The van der Waals surface area contributed by atoms with Crippen LogP contribution < -0.4 is 9.80 Å². The van der Waals surface area contributed by atoms with Crippen molar-refractivity contribution in [3.63, 3.8) is 0 Å². The van der Waals surface area contributed by atoms with Crippen LogP contribution in [0.15, 0.2) is 158 Å². The summed E-state index contributed by atoms with van der Waals surface area (Å²) >= 11 is 0. The molecule has 2 aromatic heterocycles. The molecule has 0 amide bonds. The summed E-state index contributed by atoms with van der Waals surface area (Å²) in [6, 6.07) is 56.5. The number of para-hydroxylation sites is 2.